The summed E-state index contributed by atoms with van der Waals surface area (Å²) in [7, 11) is 0. The maximum Gasteiger partial charge on any atom is 0.417 e. The van der Waals surface area contributed by atoms with E-state index in [0.717, 1.165) is 57.0 Å². The Bertz CT molecular complexity index is 1880. The maximum atomic E-state index is 15.4. The number of hydrogen-bond donors (Lipinski definition) is 5. The predicted molar refractivity (Wildman–Crippen MR) is 223 cm³/mol. The second-order valence-electron chi connectivity index (χ2n) is 16.8. The third-order valence-electron chi connectivity index (χ3n) is 12.3. The fourth-order valence-corrected chi connectivity index (χ4v) is 8.55. The third kappa shape index (κ3) is 13.5. The molecule has 0 spiro atoms. The first-order chi connectivity index (χ1) is 30.5. The van der Waals surface area contributed by atoms with Crippen LogP contribution in [0.3, 0.4) is 0 Å². The first-order valence-corrected chi connectivity index (χ1v) is 22.0. The molecule has 2 aliphatic carbocycles. The van der Waals surface area contributed by atoms with Crippen LogP contribution in [0, 0.1) is 23.5 Å². The Kier molecular flexibility index (Phi) is 18.6. The second-order valence-corrected chi connectivity index (χ2v) is 16.8. The summed E-state index contributed by atoms with van der Waals surface area (Å²) >= 11 is 0. The van der Waals surface area contributed by atoms with Gasteiger partial charge >= 0.3 is 6.18 Å². The minimum Gasteiger partial charge on any atom is -0.488 e. The number of aromatic nitrogens is 1. The van der Waals surface area contributed by atoms with Gasteiger partial charge in [0.25, 0.3) is 11.8 Å². The molecule has 1 aromatic heterocycles. The highest BCUT2D eigenvalue weighted by molar-refractivity contribution is 5.97. The zero-order valence-corrected chi connectivity index (χ0v) is 36.3. The SMILES string of the molecule is C[C@H]1[C@@H](c2ccc(F)c(F)c2OCCOCCCNC(=O)C2CCC(NC(=O)CCCOC3CCC(OCCN)CC3)CC2)[C@H](C(=O)Nc2ccnc(C(N)=O)c2)O[C@@]1(C)C(F)(F)F. The molecule has 1 saturated heterocycles. The summed E-state index contributed by atoms with van der Waals surface area (Å²) in [5, 5.41) is 8.40. The van der Waals surface area contributed by atoms with E-state index in [2.05, 4.69) is 20.9 Å². The molecule has 2 heterocycles. The molecular weight excluding hydrogens is 852 g/mol. The van der Waals surface area contributed by atoms with Gasteiger partial charge in [0.1, 0.15) is 18.4 Å². The van der Waals surface area contributed by atoms with Gasteiger partial charge < -0.3 is 51.1 Å². The number of benzene rings is 1. The molecule has 20 heteroatoms. The Morgan fingerprint density at radius 1 is 0.891 bits per heavy atom. The van der Waals surface area contributed by atoms with Crippen LogP contribution in [0.15, 0.2) is 30.5 Å². The molecule has 2 aromatic rings. The number of ether oxygens (including phenoxy) is 5. The zero-order chi connectivity index (χ0) is 46.4. The maximum absolute atomic E-state index is 15.4. The van der Waals surface area contributed by atoms with Crippen LogP contribution >= 0.6 is 0 Å². The molecule has 4 atom stereocenters. The summed E-state index contributed by atoms with van der Waals surface area (Å²) in [5.74, 6) is -8.73. The van der Waals surface area contributed by atoms with Crippen molar-refractivity contribution in [1.29, 1.82) is 0 Å². The number of carbonyl (C=O) groups is 4. The lowest BCUT2D eigenvalue weighted by Gasteiger charge is -2.32. The van der Waals surface area contributed by atoms with Crippen molar-refractivity contribution in [2.24, 2.45) is 23.3 Å². The molecule has 356 valence electrons. The van der Waals surface area contributed by atoms with Crippen LogP contribution < -0.4 is 32.2 Å². The molecule has 2 saturated carbocycles. The van der Waals surface area contributed by atoms with Crippen LogP contribution in [0.4, 0.5) is 27.6 Å². The Balaban J connectivity index is 1.01. The highest BCUT2D eigenvalue weighted by atomic mass is 19.4. The molecule has 0 unspecified atom stereocenters. The van der Waals surface area contributed by atoms with E-state index in [-0.39, 0.29) is 72.7 Å². The van der Waals surface area contributed by atoms with E-state index in [9.17, 15) is 36.7 Å². The Labute approximate surface area is 369 Å². The van der Waals surface area contributed by atoms with Gasteiger partial charge in [-0.25, -0.2) is 4.39 Å². The van der Waals surface area contributed by atoms with Crippen molar-refractivity contribution in [2.75, 3.05) is 51.4 Å². The van der Waals surface area contributed by atoms with Gasteiger partial charge in [-0.3, -0.25) is 24.2 Å². The van der Waals surface area contributed by atoms with Crippen LogP contribution in [0.1, 0.15) is 106 Å². The molecule has 1 aromatic carbocycles. The average molecular weight is 913 g/mol. The van der Waals surface area contributed by atoms with Gasteiger partial charge in [0, 0.05) is 74.0 Å². The summed E-state index contributed by atoms with van der Waals surface area (Å²) in [6, 6.07) is 4.21. The van der Waals surface area contributed by atoms with Gasteiger partial charge in [0.2, 0.25) is 17.6 Å². The normalized spacial score (nSPS) is 26.0. The zero-order valence-electron chi connectivity index (χ0n) is 36.3. The summed E-state index contributed by atoms with van der Waals surface area (Å²) in [6.07, 6.45) is 2.67. The van der Waals surface area contributed by atoms with E-state index in [0.29, 0.717) is 71.2 Å². The van der Waals surface area contributed by atoms with Crippen LogP contribution in [-0.2, 0) is 33.3 Å². The lowest BCUT2D eigenvalue weighted by molar-refractivity contribution is -0.272. The first kappa shape index (κ1) is 50.5. The highest BCUT2D eigenvalue weighted by Crippen LogP contribution is 2.55. The Morgan fingerprint density at radius 3 is 2.23 bits per heavy atom. The van der Waals surface area contributed by atoms with Gasteiger partial charge in [-0.2, -0.15) is 17.6 Å². The molecule has 4 amide bonds. The third-order valence-corrected chi connectivity index (χ3v) is 12.3. The number of hydrogen-bond acceptors (Lipinski definition) is 11. The molecule has 0 bridgehead atoms. The number of anilines is 1. The number of carbonyl (C=O) groups excluding carboxylic acids is 4. The number of alkyl halides is 3. The number of amides is 4. The van der Waals surface area contributed by atoms with Gasteiger partial charge in [-0.1, -0.05) is 13.0 Å². The number of rotatable bonds is 22. The second kappa shape index (κ2) is 23.6. The van der Waals surface area contributed by atoms with Crippen LogP contribution in [0.5, 0.6) is 5.75 Å². The van der Waals surface area contributed by atoms with Crippen molar-refractivity contribution < 1.29 is 64.8 Å². The van der Waals surface area contributed by atoms with E-state index >= 15 is 4.39 Å². The summed E-state index contributed by atoms with van der Waals surface area (Å²) in [4.78, 5) is 54.3. The van der Waals surface area contributed by atoms with Crippen molar-refractivity contribution in [3.05, 3.63) is 53.4 Å². The minimum absolute atomic E-state index is 0.0136. The summed E-state index contributed by atoms with van der Waals surface area (Å²) in [5.41, 5.74) is 7.42. The fourth-order valence-electron chi connectivity index (χ4n) is 8.55. The Morgan fingerprint density at radius 2 is 1.58 bits per heavy atom. The van der Waals surface area contributed by atoms with E-state index in [4.69, 9.17) is 35.2 Å². The molecule has 64 heavy (non-hydrogen) atoms. The quantitative estimate of drug-likeness (QED) is 0.0765. The van der Waals surface area contributed by atoms with Crippen molar-refractivity contribution in [1.82, 2.24) is 15.6 Å². The predicted octanol–water partition coefficient (Wildman–Crippen LogP) is 5.20. The fraction of sp³-hybridized carbons (Fsp3) is 0.659. The average Bonchev–Trinajstić information content (AvgIpc) is 3.55. The largest absolute Gasteiger partial charge is 0.488 e. The van der Waals surface area contributed by atoms with Crippen LogP contribution in [-0.4, -0.2) is 111 Å². The molecule has 0 radical (unpaired) electrons. The summed E-state index contributed by atoms with van der Waals surface area (Å²) < 4.78 is 102. The van der Waals surface area contributed by atoms with Crippen LogP contribution in [0.25, 0.3) is 0 Å². The minimum atomic E-state index is -4.97. The standard InChI is InChI=1S/C44H61F5N6O9/c1-26-36(39(64-43(26,2)44(47,48)49)42(59)55-29-16-19-52-34(25-29)40(51)57)32-14-15-33(45)37(46)38(32)63-24-23-60-20-4-18-53-41(58)27-6-8-28(9-7-27)54-35(56)5-3-21-61-30-10-12-31(13-11-30)62-22-17-50/h14-16,19,25-28,30-31,36,39H,3-13,17-18,20-24,50H2,1-2H3,(H2,51,57)(H,53,58)(H,54,56)(H,52,55,59)/t26-,27?,28?,30?,31?,36-,39+,43+/m0/s1. The highest BCUT2D eigenvalue weighted by Gasteiger charge is 2.66. The topological polar surface area (TPSA) is 215 Å². The number of pyridine rings is 1. The molecule has 7 N–H and O–H groups in total. The first-order valence-electron chi connectivity index (χ1n) is 22.0. The lowest BCUT2D eigenvalue weighted by Crippen LogP contribution is -2.47. The molecule has 1 aliphatic heterocycles. The molecule has 3 fully saturated rings. The van der Waals surface area contributed by atoms with Gasteiger partial charge in [-0.15, -0.1) is 0 Å². The number of halogens is 5. The molecule has 5 rings (SSSR count). The molecular formula is C44H61F5N6O9. The number of primary amides is 1. The van der Waals surface area contributed by atoms with E-state index in [1.165, 1.54) is 13.0 Å². The van der Waals surface area contributed by atoms with E-state index in [1.807, 2.05) is 0 Å². The van der Waals surface area contributed by atoms with Crippen molar-refractivity contribution in [2.45, 2.75) is 127 Å². The molecule has 3 aliphatic rings. The van der Waals surface area contributed by atoms with E-state index < -0.39 is 58.9 Å². The lowest BCUT2D eigenvalue weighted by atomic mass is 9.77. The Hall–Kier alpha value is -4.50. The smallest absolute Gasteiger partial charge is 0.417 e. The van der Waals surface area contributed by atoms with Crippen molar-refractivity contribution in [3.8, 4) is 5.75 Å². The van der Waals surface area contributed by atoms with Gasteiger partial charge in [0.15, 0.2) is 17.2 Å². The van der Waals surface area contributed by atoms with Crippen LogP contribution in [0.2, 0.25) is 0 Å². The summed E-state index contributed by atoms with van der Waals surface area (Å²) in [6.45, 7) is 3.62. The van der Waals surface area contributed by atoms with E-state index in [1.54, 1.807) is 0 Å². The number of nitrogens with one attached hydrogen (secondary N) is 3. The van der Waals surface area contributed by atoms with Gasteiger partial charge in [-0.05, 0) is 89.3 Å². The van der Waals surface area contributed by atoms with Crippen molar-refractivity contribution in [3.63, 3.8) is 0 Å². The number of nitrogens with zero attached hydrogens (tertiary/aromatic N) is 1. The molecule has 15 nitrogen and oxygen atoms in total. The van der Waals surface area contributed by atoms with Crippen molar-refractivity contribution >= 4 is 29.3 Å². The van der Waals surface area contributed by atoms with Gasteiger partial charge in [0.05, 0.1) is 25.4 Å². The monoisotopic (exact) mass is 912 g/mol. The number of nitrogens with two attached hydrogens (primary N) is 2.